The highest BCUT2D eigenvalue weighted by molar-refractivity contribution is 7.13. The number of thiophene rings is 1. The first-order valence-corrected chi connectivity index (χ1v) is 13.8. The number of furan rings is 1. The number of nitrogens with one attached hydrogen (secondary N) is 1. The van der Waals surface area contributed by atoms with Gasteiger partial charge in [0.25, 0.3) is 0 Å². The van der Waals surface area contributed by atoms with Gasteiger partial charge in [-0.1, -0.05) is 6.07 Å². The lowest BCUT2D eigenvalue weighted by Gasteiger charge is -2.46. The zero-order chi connectivity index (χ0) is 29.5. The molecular formula is C31H32N2O7S. The number of hydrogen-bond donors (Lipinski definition) is 2. The van der Waals surface area contributed by atoms with Gasteiger partial charge in [0.1, 0.15) is 29.2 Å². The van der Waals surface area contributed by atoms with Crippen LogP contribution in [0.2, 0.25) is 0 Å². The summed E-state index contributed by atoms with van der Waals surface area (Å²) >= 11 is 1.37. The number of aliphatic hydroxyl groups excluding tert-OH is 1. The molecule has 2 aromatic heterocycles. The number of aliphatic hydroxyl groups is 1. The van der Waals surface area contributed by atoms with Gasteiger partial charge in [0.05, 0.1) is 30.3 Å². The van der Waals surface area contributed by atoms with E-state index in [9.17, 15) is 14.7 Å². The van der Waals surface area contributed by atoms with Crippen molar-refractivity contribution in [3.63, 3.8) is 0 Å². The van der Waals surface area contributed by atoms with Crippen molar-refractivity contribution in [1.29, 1.82) is 0 Å². The monoisotopic (exact) mass is 576 g/mol. The number of methoxy groups -OCH3 is 1. The predicted molar refractivity (Wildman–Crippen MR) is 157 cm³/mol. The molecule has 0 radical (unpaired) electrons. The molecule has 0 spiro atoms. The lowest BCUT2D eigenvalue weighted by Crippen LogP contribution is -2.56. The van der Waals surface area contributed by atoms with Gasteiger partial charge in [-0.3, -0.25) is 0 Å². The van der Waals surface area contributed by atoms with E-state index < -0.39 is 23.7 Å². The van der Waals surface area contributed by atoms with Crippen LogP contribution in [-0.2, 0) is 11.3 Å². The third-order valence-electron chi connectivity index (χ3n) is 7.11. The van der Waals surface area contributed by atoms with Gasteiger partial charge in [0.15, 0.2) is 0 Å². The van der Waals surface area contributed by atoms with Crippen LogP contribution in [0.4, 0.5) is 11.4 Å². The van der Waals surface area contributed by atoms with Gasteiger partial charge < -0.3 is 34.0 Å². The second-order valence-electron chi connectivity index (χ2n) is 10.5. The molecule has 0 aliphatic carbocycles. The van der Waals surface area contributed by atoms with Crippen molar-refractivity contribution in [3.8, 4) is 22.6 Å². The van der Waals surface area contributed by atoms with E-state index in [1.54, 1.807) is 49.2 Å². The first-order valence-electron chi connectivity index (χ1n) is 13.0. The summed E-state index contributed by atoms with van der Waals surface area (Å²) in [5, 5.41) is 14.5. The van der Waals surface area contributed by atoms with Crippen LogP contribution in [0.1, 0.15) is 50.1 Å². The van der Waals surface area contributed by atoms with Gasteiger partial charge >= 0.3 is 11.9 Å². The van der Waals surface area contributed by atoms with E-state index in [0.29, 0.717) is 33.0 Å². The van der Waals surface area contributed by atoms with E-state index in [1.165, 1.54) is 24.7 Å². The minimum absolute atomic E-state index is 0.0505. The molecule has 214 valence electrons. The van der Waals surface area contributed by atoms with E-state index >= 15 is 0 Å². The summed E-state index contributed by atoms with van der Waals surface area (Å²) in [6.07, 6.45) is 0.581. The maximum Gasteiger partial charge on any atom is 0.379 e. The molecule has 1 aliphatic heterocycles. The summed E-state index contributed by atoms with van der Waals surface area (Å²) in [6.45, 7) is 7.47. The Hall–Kier alpha value is -4.28. The van der Waals surface area contributed by atoms with E-state index in [2.05, 4.69) is 5.32 Å². The lowest BCUT2D eigenvalue weighted by atomic mass is 9.91. The molecule has 2 aromatic carbocycles. The number of nitrogens with zero attached hydrogens (tertiary/aromatic N) is 1. The maximum atomic E-state index is 12.9. The minimum Gasteiger partial charge on any atom is -0.496 e. The summed E-state index contributed by atoms with van der Waals surface area (Å²) in [5.41, 5.74) is 3.65. The molecule has 0 bridgehead atoms. The molecule has 4 aromatic rings. The van der Waals surface area contributed by atoms with Gasteiger partial charge in [-0.05, 0) is 69.7 Å². The van der Waals surface area contributed by atoms with Crippen molar-refractivity contribution in [1.82, 2.24) is 0 Å². The number of benzene rings is 2. The average Bonchev–Trinajstić information content (AvgIpc) is 3.58. The number of anilines is 2. The number of hydrogen-bond acceptors (Lipinski definition) is 10. The van der Waals surface area contributed by atoms with Crippen molar-refractivity contribution in [3.05, 3.63) is 81.4 Å². The minimum atomic E-state index is -0.853. The molecule has 0 saturated heterocycles. The zero-order valence-corrected chi connectivity index (χ0v) is 24.5. The molecule has 0 fully saturated rings. The smallest absolute Gasteiger partial charge is 0.379 e. The maximum absolute atomic E-state index is 12.9. The normalized spacial score (nSPS) is 15.6. The Labute approximate surface area is 242 Å². The molecule has 1 atom stereocenters. The van der Waals surface area contributed by atoms with Gasteiger partial charge in [-0.25, -0.2) is 9.59 Å². The molecule has 10 heteroatoms. The fourth-order valence-corrected chi connectivity index (χ4v) is 5.76. The van der Waals surface area contributed by atoms with Gasteiger partial charge in [-0.2, -0.15) is 0 Å². The summed E-state index contributed by atoms with van der Waals surface area (Å²) in [6, 6.07) is 14.2. The van der Waals surface area contributed by atoms with Crippen molar-refractivity contribution >= 4 is 34.7 Å². The average molecular weight is 577 g/mol. The van der Waals surface area contributed by atoms with Crippen LogP contribution < -0.4 is 19.7 Å². The number of carbonyl (C=O) groups is 2. The molecule has 9 nitrogen and oxygen atoms in total. The number of carbonyl (C=O) groups excluding carboxylic acids is 2. The Kier molecular flexibility index (Phi) is 7.54. The molecule has 3 heterocycles. The number of rotatable bonds is 7. The number of ether oxygens (including phenoxy) is 3. The Morgan fingerprint density at radius 2 is 1.83 bits per heavy atom. The summed E-state index contributed by atoms with van der Waals surface area (Å²) in [4.78, 5) is 28.8. The Morgan fingerprint density at radius 3 is 2.49 bits per heavy atom. The van der Waals surface area contributed by atoms with Crippen LogP contribution in [0.25, 0.3) is 11.1 Å². The van der Waals surface area contributed by atoms with E-state index in [0.717, 1.165) is 16.1 Å². The molecule has 0 saturated carbocycles. The topological polar surface area (TPSA) is 110 Å². The third-order valence-corrected chi connectivity index (χ3v) is 8.10. The van der Waals surface area contributed by atoms with E-state index in [-0.39, 0.29) is 18.1 Å². The van der Waals surface area contributed by atoms with Crippen LogP contribution >= 0.6 is 11.3 Å². The van der Waals surface area contributed by atoms with Crippen LogP contribution in [-0.4, -0.2) is 43.0 Å². The predicted octanol–water partition coefficient (Wildman–Crippen LogP) is 6.17. The number of likely N-dealkylation sites (N-methyl/N-ethyl adjacent to an activating group) is 1. The molecule has 5 rings (SSSR count). The molecule has 41 heavy (non-hydrogen) atoms. The Balaban J connectivity index is 1.55. The first-order chi connectivity index (χ1) is 19.5. The first kappa shape index (κ1) is 28.3. The third kappa shape index (κ3) is 5.40. The van der Waals surface area contributed by atoms with Gasteiger partial charge in [0.2, 0.25) is 5.76 Å². The van der Waals surface area contributed by atoms with Gasteiger partial charge in [-0.15, -0.1) is 11.3 Å². The summed E-state index contributed by atoms with van der Waals surface area (Å²) < 4.78 is 22.3. The van der Waals surface area contributed by atoms with Crippen molar-refractivity contribution < 1.29 is 33.3 Å². The fraction of sp³-hybridized carbons (Fsp3) is 0.290. The largest absolute Gasteiger partial charge is 0.496 e. The van der Waals surface area contributed by atoms with Crippen LogP contribution in [0.3, 0.4) is 0 Å². The fourth-order valence-electron chi connectivity index (χ4n) is 5.00. The quantitative estimate of drug-likeness (QED) is 0.197. The van der Waals surface area contributed by atoms with Crippen LogP contribution in [0.15, 0.2) is 59.2 Å². The summed E-state index contributed by atoms with van der Waals surface area (Å²) in [7, 11) is 3.33. The van der Waals surface area contributed by atoms with Crippen LogP contribution in [0, 0.1) is 13.8 Å². The lowest BCUT2D eigenvalue weighted by molar-refractivity contribution is 0.0478. The highest BCUT2D eigenvalue weighted by Crippen LogP contribution is 2.45. The SMILES string of the molecule is COc1cc(OC(=O)c2occc2C)ccc1-c1ccc2c(c1COC(=O)c1ccc(C)s1)N(C)C(O)C(C)(C)N2. The Morgan fingerprint density at radius 1 is 1.07 bits per heavy atom. The standard InChI is InChI=1S/C31H32N2O7S/c1-17-13-14-38-27(17)29(35)40-19-8-9-21(24(15-19)37-6)20-10-11-23-26(33(5)30(36)31(3,4)32-23)22(20)16-39-28(34)25-12-7-18(2)41-25/h7-15,30,32,36H,16H2,1-6H3. The molecule has 1 unspecified atom stereocenters. The van der Waals surface area contributed by atoms with Crippen LogP contribution in [0.5, 0.6) is 11.5 Å². The Bertz CT molecular complexity index is 1620. The zero-order valence-electron chi connectivity index (χ0n) is 23.7. The number of aryl methyl sites for hydroxylation is 2. The second kappa shape index (κ2) is 10.9. The molecule has 2 N–H and O–H groups in total. The number of fused-ring (bicyclic) bond motifs is 1. The van der Waals surface area contributed by atoms with Crippen molar-refractivity contribution in [2.24, 2.45) is 0 Å². The van der Waals surface area contributed by atoms with Crippen molar-refractivity contribution in [2.45, 2.75) is 46.1 Å². The second-order valence-corrected chi connectivity index (χ2v) is 11.8. The number of esters is 2. The highest BCUT2D eigenvalue weighted by Gasteiger charge is 2.39. The van der Waals surface area contributed by atoms with E-state index in [4.69, 9.17) is 18.6 Å². The molecule has 0 amide bonds. The molecular weight excluding hydrogens is 544 g/mol. The van der Waals surface area contributed by atoms with Crippen molar-refractivity contribution in [2.75, 3.05) is 24.4 Å². The molecule has 1 aliphatic rings. The van der Waals surface area contributed by atoms with E-state index in [1.807, 2.05) is 39.0 Å². The summed E-state index contributed by atoms with van der Waals surface area (Å²) in [5.74, 6) is -0.190. The highest BCUT2D eigenvalue weighted by atomic mass is 32.1. The van der Waals surface area contributed by atoms with Gasteiger partial charge in [0, 0.05) is 34.7 Å².